The number of carbonyl (C=O) groups is 2. The van der Waals surface area contributed by atoms with Gasteiger partial charge in [0.15, 0.2) is 0 Å². The molecule has 1 aromatic carbocycles. The van der Waals surface area contributed by atoms with Crippen LogP contribution in [-0.4, -0.2) is 30.6 Å². The zero-order chi connectivity index (χ0) is 14.4. The van der Waals surface area contributed by atoms with Gasteiger partial charge in [0.1, 0.15) is 5.75 Å². The van der Waals surface area contributed by atoms with Gasteiger partial charge in [0.05, 0.1) is 18.6 Å². The van der Waals surface area contributed by atoms with Gasteiger partial charge in [-0.05, 0) is 40.5 Å². The van der Waals surface area contributed by atoms with E-state index in [1.165, 1.54) is 7.11 Å². The topological polar surface area (TPSA) is 75.6 Å². The van der Waals surface area contributed by atoms with Gasteiger partial charge in [-0.3, -0.25) is 9.59 Å². The predicted molar refractivity (Wildman–Crippen MR) is 74.4 cm³/mol. The molecule has 0 fully saturated rings. The van der Waals surface area contributed by atoms with E-state index in [1.807, 2.05) is 0 Å². The lowest BCUT2D eigenvalue weighted by molar-refractivity contribution is -0.141. The zero-order valence-electron chi connectivity index (χ0n) is 10.8. The lowest BCUT2D eigenvalue weighted by atomic mass is 10.1. The number of carboxylic acids is 1. The third-order valence-corrected chi connectivity index (χ3v) is 3.39. The van der Waals surface area contributed by atoms with Crippen LogP contribution < -0.4 is 10.1 Å². The normalized spacial score (nSPS) is 11.7. The molecule has 6 heteroatoms. The van der Waals surface area contributed by atoms with Gasteiger partial charge in [0.2, 0.25) is 0 Å². The fourth-order valence-corrected chi connectivity index (χ4v) is 1.85. The molecule has 19 heavy (non-hydrogen) atoms. The van der Waals surface area contributed by atoms with Crippen LogP contribution in [0.3, 0.4) is 0 Å². The summed E-state index contributed by atoms with van der Waals surface area (Å²) >= 11 is 3.29. The Morgan fingerprint density at radius 2 is 2.16 bits per heavy atom. The second-order valence-corrected chi connectivity index (χ2v) is 4.98. The first kappa shape index (κ1) is 15.5. The van der Waals surface area contributed by atoms with Gasteiger partial charge in [-0.15, -0.1) is 0 Å². The smallest absolute Gasteiger partial charge is 0.306 e. The fourth-order valence-electron chi connectivity index (χ4n) is 1.43. The zero-order valence-corrected chi connectivity index (χ0v) is 12.4. The minimum Gasteiger partial charge on any atom is -0.497 e. The molecule has 1 rings (SSSR count). The highest BCUT2D eigenvalue weighted by molar-refractivity contribution is 9.10. The predicted octanol–water partition coefficient (Wildman–Crippen LogP) is 2.30. The highest BCUT2D eigenvalue weighted by Gasteiger charge is 2.13. The van der Waals surface area contributed by atoms with E-state index in [4.69, 9.17) is 9.84 Å². The number of rotatable bonds is 6. The lowest BCUT2D eigenvalue weighted by Crippen LogP contribution is -2.27. The maximum Gasteiger partial charge on any atom is 0.306 e. The van der Waals surface area contributed by atoms with Gasteiger partial charge in [0.25, 0.3) is 5.91 Å². The second-order valence-electron chi connectivity index (χ2n) is 4.13. The van der Waals surface area contributed by atoms with Crippen molar-refractivity contribution in [3.05, 3.63) is 28.2 Å². The molecule has 0 saturated heterocycles. The van der Waals surface area contributed by atoms with Crippen molar-refractivity contribution < 1.29 is 19.4 Å². The number of amides is 1. The van der Waals surface area contributed by atoms with Crippen LogP contribution in [0.2, 0.25) is 0 Å². The number of nitrogens with one attached hydrogen (secondary N) is 1. The first-order valence-corrected chi connectivity index (χ1v) is 6.59. The van der Waals surface area contributed by atoms with E-state index in [-0.39, 0.29) is 5.91 Å². The number of benzene rings is 1. The molecule has 1 unspecified atom stereocenters. The number of halogens is 1. The molecule has 5 nitrogen and oxygen atoms in total. The number of ether oxygens (including phenoxy) is 1. The Morgan fingerprint density at radius 1 is 1.47 bits per heavy atom. The van der Waals surface area contributed by atoms with Gasteiger partial charge >= 0.3 is 5.97 Å². The Hall–Kier alpha value is -1.56. The highest BCUT2D eigenvalue weighted by Crippen LogP contribution is 2.22. The van der Waals surface area contributed by atoms with Crippen molar-refractivity contribution in [2.24, 2.45) is 5.92 Å². The monoisotopic (exact) mass is 329 g/mol. The summed E-state index contributed by atoms with van der Waals surface area (Å²) in [5.41, 5.74) is 0.460. The number of hydrogen-bond acceptors (Lipinski definition) is 3. The molecule has 0 aliphatic carbocycles. The van der Waals surface area contributed by atoms with Crippen LogP contribution in [0.5, 0.6) is 5.75 Å². The molecule has 1 aromatic rings. The maximum absolute atomic E-state index is 11.9. The molecule has 0 saturated carbocycles. The largest absolute Gasteiger partial charge is 0.497 e. The quantitative estimate of drug-likeness (QED) is 0.839. The Labute approximate surface area is 120 Å². The molecule has 0 bridgehead atoms. The number of carbonyl (C=O) groups excluding carboxylic acids is 1. The third kappa shape index (κ3) is 4.55. The van der Waals surface area contributed by atoms with E-state index < -0.39 is 11.9 Å². The molecule has 2 N–H and O–H groups in total. The molecule has 0 heterocycles. The van der Waals surface area contributed by atoms with Crippen LogP contribution in [0.1, 0.15) is 23.7 Å². The van der Waals surface area contributed by atoms with Crippen LogP contribution in [0, 0.1) is 5.92 Å². The van der Waals surface area contributed by atoms with Gasteiger partial charge in [-0.2, -0.15) is 0 Å². The molecule has 104 valence electrons. The van der Waals surface area contributed by atoms with E-state index in [0.29, 0.717) is 28.8 Å². The SMILES string of the molecule is COc1ccc(Br)c(C(=O)NCCC(C)C(=O)O)c1. The summed E-state index contributed by atoms with van der Waals surface area (Å²) in [5.74, 6) is -1.01. The minimum atomic E-state index is -0.864. The minimum absolute atomic E-state index is 0.261. The second kappa shape index (κ2) is 7.13. The highest BCUT2D eigenvalue weighted by atomic mass is 79.9. The van der Waals surface area contributed by atoms with Crippen molar-refractivity contribution in [3.63, 3.8) is 0 Å². The molecular formula is C13H16BrNO4. The summed E-state index contributed by atoms with van der Waals surface area (Å²) < 4.78 is 5.72. The van der Waals surface area contributed by atoms with Gasteiger partial charge in [-0.25, -0.2) is 0 Å². The number of aliphatic carboxylic acids is 1. The first-order chi connectivity index (χ1) is 8.95. The van der Waals surface area contributed by atoms with Crippen LogP contribution >= 0.6 is 15.9 Å². The van der Waals surface area contributed by atoms with Crippen LogP contribution in [0.25, 0.3) is 0 Å². The van der Waals surface area contributed by atoms with Gasteiger partial charge in [-0.1, -0.05) is 6.92 Å². The lowest BCUT2D eigenvalue weighted by Gasteiger charge is -2.10. The average Bonchev–Trinajstić information content (AvgIpc) is 2.38. The van der Waals surface area contributed by atoms with E-state index in [0.717, 1.165) is 0 Å². The van der Waals surface area contributed by atoms with E-state index in [2.05, 4.69) is 21.2 Å². The number of carboxylic acid groups (broad SMARTS) is 1. The Balaban J connectivity index is 2.61. The standard InChI is InChI=1S/C13H16BrNO4/c1-8(13(17)18)5-6-15-12(16)10-7-9(19-2)3-4-11(10)14/h3-4,7-8H,5-6H2,1-2H3,(H,15,16)(H,17,18). The van der Waals surface area contributed by atoms with Crippen molar-refractivity contribution in [2.75, 3.05) is 13.7 Å². The van der Waals surface area contributed by atoms with Crippen molar-refractivity contribution in [3.8, 4) is 5.75 Å². The molecule has 1 atom stereocenters. The van der Waals surface area contributed by atoms with Gasteiger partial charge in [0, 0.05) is 11.0 Å². The maximum atomic E-state index is 11.9. The molecule has 0 aliphatic heterocycles. The molecule has 0 radical (unpaired) electrons. The number of hydrogen-bond donors (Lipinski definition) is 2. The van der Waals surface area contributed by atoms with E-state index in [9.17, 15) is 9.59 Å². The van der Waals surface area contributed by atoms with E-state index in [1.54, 1.807) is 25.1 Å². The Morgan fingerprint density at radius 3 is 2.74 bits per heavy atom. The Bertz CT molecular complexity index is 476. The van der Waals surface area contributed by atoms with Crippen LogP contribution in [-0.2, 0) is 4.79 Å². The Kier molecular flexibility index (Phi) is 5.82. The summed E-state index contributed by atoms with van der Waals surface area (Å²) in [6, 6.07) is 5.10. The first-order valence-electron chi connectivity index (χ1n) is 5.80. The van der Waals surface area contributed by atoms with Crippen LogP contribution in [0.15, 0.2) is 22.7 Å². The number of methoxy groups -OCH3 is 1. The van der Waals surface area contributed by atoms with Gasteiger partial charge < -0.3 is 15.2 Å². The van der Waals surface area contributed by atoms with Crippen molar-refractivity contribution >= 4 is 27.8 Å². The van der Waals surface area contributed by atoms with E-state index >= 15 is 0 Å². The van der Waals surface area contributed by atoms with Crippen LogP contribution in [0.4, 0.5) is 0 Å². The van der Waals surface area contributed by atoms with Crippen molar-refractivity contribution in [1.29, 1.82) is 0 Å². The molecular weight excluding hydrogens is 314 g/mol. The summed E-state index contributed by atoms with van der Waals surface area (Å²) in [6.45, 7) is 1.92. The summed E-state index contributed by atoms with van der Waals surface area (Å²) in [6.07, 6.45) is 0.392. The van der Waals surface area contributed by atoms with Crippen molar-refractivity contribution in [1.82, 2.24) is 5.32 Å². The fraction of sp³-hybridized carbons (Fsp3) is 0.385. The molecule has 0 spiro atoms. The summed E-state index contributed by atoms with van der Waals surface area (Å²) in [5, 5.41) is 11.4. The molecule has 0 aromatic heterocycles. The summed E-state index contributed by atoms with van der Waals surface area (Å²) in [7, 11) is 1.53. The average molecular weight is 330 g/mol. The third-order valence-electron chi connectivity index (χ3n) is 2.70. The molecule has 1 amide bonds. The van der Waals surface area contributed by atoms with Crippen molar-refractivity contribution in [2.45, 2.75) is 13.3 Å². The summed E-state index contributed by atoms with van der Waals surface area (Å²) in [4.78, 5) is 22.6. The molecule has 0 aliphatic rings.